The van der Waals surface area contributed by atoms with Gasteiger partial charge in [-0.25, -0.2) is 4.98 Å². The van der Waals surface area contributed by atoms with Crippen molar-refractivity contribution in [3.8, 4) is 0 Å². The summed E-state index contributed by atoms with van der Waals surface area (Å²) in [6.45, 7) is 1.57. The average molecular weight is 194 g/mol. The highest BCUT2D eigenvalue weighted by Gasteiger charge is 2.19. The molecule has 5 heteroatoms. The molecule has 1 fully saturated rings. The van der Waals surface area contributed by atoms with Crippen molar-refractivity contribution in [2.75, 3.05) is 24.7 Å². The number of nitrogens with two attached hydrogens (primary N) is 2. The first kappa shape index (κ1) is 9.21. The number of hydrogen-bond acceptors (Lipinski definition) is 5. The molecule has 0 atom stereocenters. The van der Waals surface area contributed by atoms with Crippen LogP contribution in [0.25, 0.3) is 0 Å². The fourth-order valence-electron chi connectivity index (χ4n) is 1.74. The van der Waals surface area contributed by atoms with Gasteiger partial charge in [-0.05, 0) is 18.8 Å². The fraction of sp³-hybridized carbons (Fsp3) is 0.556. The minimum atomic E-state index is 0.235. The molecule has 1 aromatic rings. The van der Waals surface area contributed by atoms with Crippen LogP contribution in [0.1, 0.15) is 24.3 Å². The van der Waals surface area contributed by atoms with Crippen molar-refractivity contribution in [3.05, 3.63) is 11.8 Å². The summed E-state index contributed by atoms with van der Waals surface area (Å²) in [4.78, 5) is 7.91. The lowest BCUT2D eigenvalue weighted by molar-refractivity contribution is 0.0853. The zero-order valence-electron chi connectivity index (χ0n) is 7.94. The van der Waals surface area contributed by atoms with Gasteiger partial charge in [-0.15, -0.1) is 0 Å². The standard InChI is InChI=1S/C9H14N4O/c10-8-7(5-12-9(11)13-8)6-1-3-14-4-2-6/h5-6H,1-4H2,(H4,10,11,12,13). The maximum absolute atomic E-state index is 5.78. The van der Waals surface area contributed by atoms with E-state index < -0.39 is 0 Å². The normalized spacial score (nSPS) is 18.3. The molecule has 2 heterocycles. The number of nitrogens with zero attached hydrogens (tertiary/aromatic N) is 2. The lowest BCUT2D eigenvalue weighted by atomic mass is 9.93. The summed E-state index contributed by atoms with van der Waals surface area (Å²) in [7, 11) is 0. The van der Waals surface area contributed by atoms with Gasteiger partial charge >= 0.3 is 0 Å². The highest BCUT2D eigenvalue weighted by atomic mass is 16.5. The van der Waals surface area contributed by atoms with E-state index in [1.165, 1.54) is 0 Å². The van der Waals surface area contributed by atoms with E-state index in [4.69, 9.17) is 16.2 Å². The van der Waals surface area contributed by atoms with Crippen LogP contribution in [-0.4, -0.2) is 23.2 Å². The van der Waals surface area contributed by atoms with Crippen LogP contribution in [0, 0.1) is 0 Å². The lowest BCUT2D eigenvalue weighted by Gasteiger charge is -2.22. The van der Waals surface area contributed by atoms with Gasteiger partial charge in [0.1, 0.15) is 5.82 Å². The molecule has 2 rings (SSSR count). The molecule has 0 amide bonds. The lowest BCUT2D eigenvalue weighted by Crippen LogP contribution is -2.16. The summed E-state index contributed by atoms with van der Waals surface area (Å²) < 4.78 is 5.28. The van der Waals surface area contributed by atoms with Gasteiger partial charge in [0.05, 0.1) is 0 Å². The Labute approximate surface area is 82.5 Å². The van der Waals surface area contributed by atoms with Gasteiger partial charge in [0.2, 0.25) is 5.95 Å². The van der Waals surface area contributed by atoms with E-state index in [-0.39, 0.29) is 5.95 Å². The summed E-state index contributed by atoms with van der Waals surface area (Å²) in [5.41, 5.74) is 12.2. The van der Waals surface area contributed by atoms with Crippen molar-refractivity contribution >= 4 is 11.8 Å². The topological polar surface area (TPSA) is 87.0 Å². The van der Waals surface area contributed by atoms with Gasteiger partial charge in [-0.1, -0.05) is 0 Å². The van der Waals surface area contributed by atoms with E-state index in [2.05, 4.69) is 9.97 Å². The summed E-state index contributed by atoms with van der Waals surface area (Å²) in [5, 5.41) is 0. The van der Waals surface area contributed by atoms with Gasteiger partial charge in [0.15, 0.2) is 0 Å². The Morgan fingerprint density at radius 2 is 2.00 bits per heavy atom. The van der Waals surface area contributed by atoms with Crippen LogP contribution in [0.2, 0.25) is 0 Å². The molecule has 0 radical (unpaired) electrons. The molecule has 1 aromatic heterocycles. The molecule has 0 spiro atoms. The van der Waals surface area contributed by atoms with Crippen LogP contribution in [0.3, 0.4) is 0 Å². The first-order valence-electron chi connectivity index (χ1n) is 4.73. The second-order valence-electron chi connectivity index (χ2n) is 3.46. The number of hydrogen-bond donors (Lipinski definition) is 2. The molecule has 1 aliphatic heterocycles. The predicted octanol–water partition coefficient (Wildman–Crippen LogP) is 0.535. The first-order valence-corrected chi connectivity index (χ1v) is 4.73. The Hall–Kier alpha value is -1.36. The molecule has 4 N–H and O–H groups in total. The summed E-state index contributed by atoms with van der Waals surface area (Å²) in [5.74, 6) is 1.16. The number of aromatic nitrogens is 2. The quantitative estimate of drug-likeness (QED) is 0.681. The molecular formula is C9H14N4O. The molecule has 0 saturated carbocycles. The smallest absolute Gasteiger partial charge is 0.221 e. The zero-order chi connectivity index (χ0) is 9.97. The third-order valence-corrected chi connectivity index (χ3v) is 2.53. The van der Waals surface area contributed by atoms with Gasteiger partial charge in [0.25, 0.3) is 0 Å². The van der Waals surface area contributed by atoms with Crippen molar-refractivity contribution in [1.29, 1.82) is 0 Å². The predicted molar refractivity (Wildman–Crippen MR) is 53.7 cm³/mol. The Balaban J connectivity index is 2.22. The highest BCUT2D eigenvalue weighted by molar-refractivity contribution is 5.43. The van der Waals surface area contributed by atoms with E-state index >= 15 is 0 Å². The van der Waals surface area contributed by atoms with Crippen LogP contribution in [0.15, 0.2) is 6.20 Å². The molecule has 0 aromatic carbocycles. The summed E-state index contributed by atoms with van der Waals surface area (Å²) in [6, 6.07) is 0. The molecule has 0 bridgehead atoms. The average Bonchev–Trinajstić information content (AvgIpc) is 2.19. The van der Waals surface area contributed by atoms with E-state index in [1.54, 1.807) is 6.20 Å². The number of nitrogen functional groups attached to an aromatic ring is 2. The van der Waals surface area contributed by atoms with Crippen molar-refractivity contribution in [2.24, 2.45) is 0 Å². The second kappa shape index (κ2) is 3.79. The summed E-state index contributed by atoms with van der Waals surface area (Å²) >= 11 is 0. The molecule has 76 valence electrons. The molecule has 1 saturated heterocycles. The number of anilines is 2. The van der Waals surface area contributed by atoms with Crippen molar-refractivity contribution in [3.63, 3.8) is 0 Å². The molecule has 0 unspecified atom stereocenters. The van der Waals surface area contributed by atoms with Crippen LogP contribution in [-0.2, 0) is 4.74 Å². The highest BCUT2D eigenvalue weighted by Crippen LogP contribution is 2.29. The van der Waals surface area contributed by atoms with Crippen LogP contribution in [0.5, 0.6) is 0 Å². The van der Waals surface area contributed by atoms with Gasteiger partial charge in [-0.2, -0.15) is 4.98 Å². The van der Waals surface area contributed by atoms with Crippen molar-refractivity contribution < 1.29 is 4.74 Å². The molecule has 0 aliphatic carbocycles. The monoisotopic (exact) mass is 194 g/mol. The van der Waals surface area contributed by atoms with Crippen molar-refractivity contribution in [1.82, 2.24) is 9.97 Å². The van der Waals surface area contributed by atoms with E-state index in [0.29, 0.717) is 11.7 Å². The second-order valence-corrected chi connectivity index (χ2v) is 3.46. The van der Waals surface area contributed by atoms with Crippen molar-refractivity contribution in [2.45, 2.75) is 18.8 Å². The van der Waals surface area contributed by atoms with Crippen LogP contribution >= 0.6 is 0 Å². The van der Waals surface area contributed by atoms with E-state index in [1.807, 2.05) is 0 Å². The number of rotatable bonds is 1. The van der Waals surface area contributed by atoms with Gasteiger partial charge in [0, 0.05) is 25.0 Å². The molecule has 5 nitrogen and oxygen atoms in total. The zero-order valence-corrected chi connectivity index (χ0v) is 7.94. The van der Waals surface area contributed by atoms with E-state index in [0.717, 1.165) is 31.6 Å². The SMILES string of the molecule is Nc1ncc(C2CCOCC2)c(N)n1. The Morgan fingerprint density at radius 1 is 1.29 bits per heavy atom. The molecule has 1 aliphatic rings. The number of ether oxygens (including phenoxy) is 1. The van der Waals surface area contributed by atoms with Crippen LogP contribution < -0.4 is 11.5 Å². The largest absolute Gasteiger partial charge is 0.383 e. The molecule has 14 heavy (non-hydrogen) atoms. The maximum atomic E-state index is 5.78. The fourth-order valence-corrected chi connectivity index (χ4v) is 1.74. The van der Waals surface area contributed by atoms with E-state index in [9.17, 15) is 0 Å². The summed E-state index contributed by atoms with van der Waals surface area (Å²) in [6.07, 6.45) is 3.70. The Bertz CT molecular complexity index is 323. The van der Waals surface area contributed by atoms with Crippen LogP contribution in [0.4, 0.5) is 11.8 Å². The maximum Gasteiger partial charge on any atom is 0.221 e. The third-order valence-electron chi connectivity index (χ3n) is 2.53. The third kappa shape index (κ3) is 1.77. The van der Waals surface area contributed by atoms with Gasteiger partial charge < -0.3 is 16.2 Å². The molecular weight excluding hydrogens is 180 g/mol. The first-order chi connectivity index (χ1) is 6.77. The van der Waals surface area contributed by atoms with Gasteiger partial charge in [-0.3, -0.25) is 0 Å². The Kier molecular flexibility index (Phi) is 2.49. The minimum Gasteiger partial charge on any atom is -0.383 e. The Morgan fingerprint density at radius 3 is 2.64 bits per heavy atom. The minimum absolute atomic E-state index is 0.235.